The Hall–Kier alpha value is -3.12. The van der Waals surface area contributed by atoms with E-state index in [4.69, 9.17) is 17.0 Å². The van der Waals surface area contributed by atoms with Crippen molar-refractivity contribution in [2.24, 2.45) is 10.2 Å². The van der Waals surface area contributed by atoms with Gasteiger partial charge in [-0.05, 0) is 67.5 Å². The third kappa shape index (κ3) is 5.27. The van der Waals surface area contributed by atoms with E-state index in [1.54, 1.807) is 16.7 Å². The van der Waals surface area contributed by atoms with E-state index in [1.165, 1.54) is 16.4 Å². The largest absolute Gasteiger partial charge is 0.493 e. The third-order valence-corrected chi connectivity index (χ3v) is 7.69. The molecular weight excluding hydrogens is 486 g/mol. The summed E-state index contributed by atoms with van der Waals surface area (Å²) in [5.41, 5.74) is 3.66. The smallest absolute Gasteiger partial charge is 0.243 e. The van der Waals surface area contributed by atoms with Crippen molar-refractivity contribution in [3.05, 3.63) is 60.2 Å². The predicted octanol–water partition coefficient (Wildman–Crippen LogP) is 4.65. The van der Waals surface area contributed by atoms with Crippen LogP contribution in [0.25, 0.3) is 10.9 Å². The van der Waals surface area contributed by atoms with E-state index >= 15 is 0 Å². The lowest BCUT2D eigenvalue weighted by atomic mass is 10.1. The molecule has 184 valence electrons. The number of rotatable bonds is 6. The van der Waals surface area contributed by atoms with Gasteiger partial charge >= 0.3 is 0 Å². The fourth-order valence-electron chi connectivity index (χ4n) is 4.10. The molecule has 4 rings (SSSR count). The van der Waals surface area contributed by atoms with Crippen LogP contribution in [0.5, 0.6) is 5.88 Å². The van der Waals surface area contributed by atoms with Gasteiger partial charge in [-0.1, -0.05) is 12.1 Å². The second-order valence-corrected chi connectivity index (χ2v) is 10.6. The van der Waals surface area contributed by atoms with Crippen molar-refractivity contribution in [2.45, 2.75) is 25.3 Å². The second-order valence-electron chi connectivity index (χ2n) is 8.27. The molecule has 1 aromatic heterocycles. The molecule has 11 heteroatoms. The molecule has 1 saturated heterocycles. The van der Waals surface area contributed by atoms with E-state index in [9.17, 15) is 13.5 Å². The van der Waals surface area contributed by atoms with Gasteiger partial charge in [-0.3, -0.25) is 0 Å². The number of hydrogen-bond donors (Lipinski definition) is 2. The highest BCUT2D eigenvalue weighted by Gasteiger charge is 2.28. The van der Waals surface area contributed by atoms with Gasteiger partial charge in [0, 0.05) is 30.7 Å². The molecule has 1 aliphatic rings. The number of aryl methyl sites for hydroxylation is 2. The Bertz CT molecular complexity index is 1400. The van der Waals surface area contributed by atoms with Gasteiger partial charge < -0.3 is 19.7 Å². The maximum Gasteiger partial charge on any atom is 0.243 e. The van der Waals surface area contributed by atoms with Crippen LogP contribution in [0, 0.1) is 13.8 Å². The zero-order chi connectivity index (χ0) is 25.2. The standard InChI is InChI=1S/C24H27N5O4S2/c1-4-7-29-21-6-5-19(35(31,32)28-8-10-33-11-9-28)15-20(21)22(23(29)30)26-27-24(34)25-18-13-16(2)12-17(3)14-18/h4-6,12-15,30H,1,7-11H2,2-3H3,(H,25,34). The maximum atomic E-state index is 13.2. The van der Waals surface area contributed by atoms with E-state index in [-0.39, 0.29) is 34.7 Å². The maximum absolute atomic E-state index is 13.2. The van der Waals surface area contributed by atoms with E-state index in [0.29, 0.717) is 30.7 Å². The number of azo groups is 1. The Balaban J connectivity index is 1.71. The van der Waals surface area contributed by atoms with Crippen LogP contribution >= 0.6 is 12.2 Å². The van der Waals surface area contributed by atoms with Crippen molar-refractivity contribution in [3.63, 3.8) is 0 Å². The molecule has 3 aromatic rings. The van der Waals surface area contributed by atoms with Crippen molar-refractivity contribution in [3.8, 4) is 5.88 Å². The Labute approximate surface area is 209 Å². The summed E-state index contributed by atoms with van der Waals surface area (Å²) in [7, 11) is -3.73. The first-order valence-corrected chi connectivity index (χ1v) is 12.9. The van der Waals surface area contributed by atoms with Gasteiger partial charge in [0.1, 0.15) is 0 Å². The van der Waals surface area contributed by atoms with Gasteiger partial charge in [0.2, 0.25) is 21.0 Å². The molecule has 35 heavy (non-hydrogen) atoms. The van der Waals surface area contributed by atoms with Crippen molar-refractivity contribution in [2.75, 3.05) is 31.6 Å². The van der Waals surface area contributed by atoms with Gasteiger partial charge in [-0.25, -0.2) is 8.42 Å². The van der Waals surface area contributed by atoms with Gasteiger partial charge in [0.05, 0.1) is 23.6 Å². The number of thiocarbonyl (C=S) groups is 1. The van der Waals surface area contributed by atoms with Crippen LogP contribution in [0.15, 0.2) is 64.2 Å². The van der Waals surface area contributed by atoms with E-state index in [2.05, 4.69) is 22.1 Å². The molecule has 9 nitrogen and oxygen atoms in total. The number of nitrogens with zero attached hydrogens (tertiary/aromatic N) is 4. The van der Waals surface area contributed by atoms with Crippen LogP contribution in [-0.4, -0.2) is 53.8 Å². The predicted molar refractivity (Wildman–Crippen MR) is 140 cm³/mol. The number of ether oxygens (including phenoxy) is 1. The lowest BCUT2D eigenvalue weighted by molar-refractivity contribution is 0.0730. The average Bonchev–Trinajstić information content (AvgIpc) is 3.08. The van der Waals surface area contributed by atoms with Crippen LogP contribution in [0.2, 0.25) is 0 Å². The average molecular weight is 514 g/mol. The summed E-state index contributed by atoms with van der Waals surface area (Å²) in [6, 6.07) is 10.6. The lowest BCUT2D eigenvalue weighted by Crippen LogP contribution is -2.40. The Kier molecular flexibility index (Phi) is 7.31. The van der Waals surface area contributed by atoms with Crippen LogP contribution < -0.4 is 5.32 Å². The molecular formula is C24H27N5O4S2. The van der Waals surface area contributed by atoms with Gasteiger partial charge in [0.25, 0.3) is 0 Å². The van der Waals surface area contributed by atoms with Crippen LogP contribution in [0.3, 0.4) is 0 Å². The number of aromatic hydroxyl groups is 1. The van der Waals surface area contributed by atoms with Crippen molar-refractivity contribution in [1.29, 1.82) is 0 Å². The molecule has 0 saturated carbocycles. The summed E-state index contributed by atoms with van der Waals surface area (Å²) in [5, 5.41) is 22.7. The molecule has 0 unspecified atom stereocenters. The van der Waals surface area contributed by atoms with Gasteiger partial charge in [-0.15, -0.1) is 16.8 Å². The molecule has 0 radical (unpaired) electrons. The number of benzene rings is 2. The molecule has 2 N–H and O–H groups in total. The summed E-state index contributed by atoms with van der Waals surface area (Å²) >= 11 is 5.33. The number of hydrogen-bond acceptors (Lipinski definition) is 6. The summed E-state index contributed by atoms with van der Waals surface area (Å²) in [6.07, 6.45) is 1.63. The minimum atomic E-state index is -3.73. The highest BCUT2D eigenvalue weighted by Crippen LogP contribution is 2.40. The van der Waals surface area contributed by atoms with Crippen LogP contribution in [-0.2, 0) is 21.3 Å². The minimum Gasteiger partial charge on any atom is -0.493 e. The minimum absolute atomic E-state index is 0.107. The van der Waals surface area contributed by atoms with Crippen molar-refractivity contribution < 1.29 is 18.3 Å². The highest BCUT2D eigenvalue weighted by molar-refractivity contribution is 7.89. The fraction of sp³-hybridized carbons (Fsp3) is 0.292. The molecule has 2 aromatic carbocycles. The Morgan fingerprint density at radius 1 is 1.20 bits per heavy atom. The quantitative estimate of drug-likeness (QED) is 0.282. The first kappa shape index (κ1) is 25.0. The molecule has 0 atom stereocenters. The number of nitrogens with one attached hydrogen (secondary N) is 1. The Morgan fingerprint density at radius 3 is 2.54 bits per heavy atom. The van der Waals surface area contributed by atoms with E-state index in [0.717, 1.165) is 16.8 Å². The number of anilines is 1. The monoisotopic (exact) mass is 513 g/mol. The SMILES string of the molecule is C=CCn1c(O)c(N=NC(=S)Nc2cc(C)cc(C)c2)c2cc(S(=O)(=O)N3CCOCC3)ccc21. The first-order valence-electron chi connectivity index (χ1n) is 11.1. The number of morpholine rings is 1. The third-order valence-electron chi connectivity index (χ3n) is 5.61. The van der Waals surface area contributed by atoms with Crippen LogP contribution in [0.1, 0.15) is 11.1 Å². The van der Waals surface area contributed by atoms with Gasteiger partial charge in [0.15, 0.2) is 5.69 Å². The number of sulfonamides is 1. The Morgan fingerprint density at radius 2 is 1.89 bits per heavy atom. The normalized spacial score (nSPS) is 15.0. The van der Waals surface area contributed by atoms with Gasteiger partial charge in [-0.2, -0.15) is 4.31 Å². The molecule has 0 aliphatic carbocycles. The molecule has 2 heterocycles. The van der Waals surface area contributed by atoms with Crippen molar-refractivity contribution >= 4 is 49.6 Å². The molecule has 0 amide bonds. The summed E-state index contributed by atoms with van der Waals surface area (Å²) < 4.78 is 34.6. The fourth-order valence-corrected chi connectivity index (χ4v) is 5.70. The molecule has 1 aliphatic heterocycles. The van der Waals surface area contributed by atoms with E-state index in [1.807, 2.05) is 32.0 Å². The summed E-state index contributed by atoms with van der Waals surface area (Å²) in [4.78, 5) is 0.107. The number of allylic oxidation sites excluding steroid dienone is 1. The zero-order valence-electron chi connectivity index (χ0n) is 19.6. The first-order chi connectivity index (χ1) is 16.7. The molecule has 0 spiro atoms. The van der Waals surface area contributed by atoms with Crippen LogP contribution in [0.4, 0.5) is 11.4 Å². The topological polar surface area (TPSA) is 109 Å². The highest BCUT2D eigenvalue weighted by atomic mass is 32.2. The van der Waals surface area contributed by atoms with Crippen molar-refractivity contribution in [1.82, 2.24) is 8.87 Å². The number of aromatic nitrogens is 1. The summed E-state index contributed by atoms with van der Waals surface area (Å²) in [6.45, 7) is 9.28. The van der Waals surface area contributed by atoms with E-state index < -0.39 is 10.0 Å². The second kappa shape index (κ2) is 10.2. The summed E-state index contributed by atoms with van der Waals surface area (Å²) in [5.74, 6) is -0.154. The molecule has 0 bridgehead atoms. The number of fused-ring (bicyclic) bond motifs is 1. The molecule has 1 fully saturated rings. The zero-order valence-corrected chi connectivity index (χ0v) is 21.2. The lowest BCUT2D eigenvalue weighted by Gasteiger charge is -2.26.